The molecule has 1 aliphatic rings. The van der Waals surface area contributed by atoms with Crippen molar-refractivity contribution in [3.63, 3.8) is 0 Å². The van der Waals surface area contributed by atoms with E-state index < -0.39 is 0 Å². The lowest BCUT2D eigenvalue weighted by atomic mass is 10.1. The van der Waals surface area contributed by atoms with Crippen LogP contribution in [-0.4, -0.2) is 10.9 Å². The second-order valence-corrected chi connectivity index (χ2v) is 5.99. The standard InChI is InChI=1S/C15H17N3OS/c16-12-7-3-6-11(8-12)13-9-20-15(17-13)18-14(19)10-4-1-2-5-10/h3,6-10H,1-2,4-5,16H2,(H,17,18,19). The zero-order chi connectivity index (χ0) is 13.9. The molecule has 104 valence electrons. The van der Waals surface area contributed by atoms with E-state index in [2.05, 4.69) is 10.3 Å². The van der Waals surface area contributed by atoms with Crippen molar-refractivity contribution in [2.24, 2.45) is 5.92 Å². The van der Waals surface area contributed by atoms with Gasteiger partial charge in [-0.05, 0) is 25.0 Å². The SMILES string of the molecule is Nc1cccc(-c2csc(NC(=O)C3CCCC3)n2)c1. The first-order valence-electron chi connectivity index (χ1n) is 6.85. The van der Waals surface area contributed by atoms with Crippen LogP contribution in [0.25, 0.3) is 11.3 Å². The monoisotopic (exact) mass is 287 g/mol. The molecule has 0 unspecified atom stereocenters. The highest BCUT2D eigenvalue weighted by Crippen LogP contribution is 2.29. The summed E-state index contributed by atoms with van der Waals surface area (Å²) in [6.45, 7) is 0. The third kappa shape index (κ3) is 2.82. The minimum Gasteiger partial charge on any atom is -0.399 e. The van der Waals surface area contributed by atoms with Crippen LogP contribution in [0.3, 0.4) is 0 Å². The minimum absolute atomic E-state index is 0.107. The van der Waals surface area contributed by atoms with Gasteiger partial charge in [-0.3, -0.25) is 4.79 Å². The van der Waals surface area contributed by atoms with Gasteiger partial charge >= 0.3 is 0 Å². The second-order valence-electron chi connectivity index (χ2n) is 5.13. The van der Waals surface area contributed by atoms with Crippen molar-refractivity contribution < 1.29 is 4.79 Å². The zero-order valence-electron chi connectivity index (χ0n) is 11.1. The topological polar surface area (TPSA) is 68.0 Å². The smallest absolute Gasteiger partial charge is 0.229 e. The highest BCUT2D eigenvalue weighted by Gasteiger charge is 2.23. The van der Waals surface area contributed by atoms with E-state index in [1.807, 2.05) is 29.6 Å². The van der Waals surface area contributed by atoms with Gasteiger partial charge in [0.15, 0.2) is 5.13 Å². The Balaban J connectivity index is 1.72. The van der Waals surface area contributed by atoms with Crippen molar-refractivity contribution in [1.82, 2.24) is 4.98 Å². The van der Waals surface area contributed by atoms with E-state index in [9.17, 15) is 4.79 Å². The van der Waals surface area contributed by atoms with Gasteiger partial charge in [0.1, 0.15) is 0 Å². The Morgan fingerprint density at radius 3 is 2.90 bits per heavy atom. The van der Waals surface area contributed by atoms with Crippen molar-refractivity contribution in [1.29, 1.82) is 0 Å². The van der Waals surface area contributed by atoms with E-state index in [0.717, 1.165) is 36.9 Å². The normalized spacial score (nSPS) is 15.4. The zero-order valence-corrected chi connectivity index (χ0v) is 12.0. The first-order valence-corrected chi connectivity index (χ1v) is 7.72. The molecule has 1 saturated carbocycles. The van der Waals surface area contributed by atoms with E-state index in [0.29, 0.717) is 10.8 Å². The lowest BCUT2D eigenvalue weighted by Crippen LogP contribution is -2.20. The Morgan fingerprint density at radius 2 is 2.15 bits per heavy atom. The molecule has 20 heavy (non-hydrogen) atoms. The number of hydrogen-bond donors (Lipinski definition) is 2. The molecule has 0 aliphatic heterocycles. The molecule has 1 aromatic carbocycles. The summed E-state index contributed by atoms with van der Waals surface area (Å²) in [6, 6.07) is 7.60. The molecule has 5 heteroatoms. The third-order valence-electron chi connectivity index (χ3n) is 3.64. The number of nitrogens with two attached hydrogens (primary N) is 1. The van der Waals surface area contributed by atoms with Crippen molar-refractivity contribution in [2.45, 2.75) is 25.7 Å². The first kappa shape index (κ1) is 13.1. The number of thiazole rings is 1. The predicted octanol–water partition coefficient (Wildman–Crippen LogP) is 3.52. The summed E-state index contributed by atoms with van der Waals surface area (Å²) in [5, 5.41) is 5.54. The van der Waals surface area contributed by atoms with Crippen LogP contribution in [-0.2, 0) is 4.79 Å². The summed E-state index contributed by atoms with van der Waals surface area (Å²) in [7, 11) is 0. The molecule has 0 spiro atoms. The van der Waals surface area contributed by atoms with Crippen molar-refractivity contribution >= 4 is 28.1 Å². The van der Waals surface area contributed by atoms with Crippen LogP contribution in [0.4, 0.5) is 10.8 Å². The molecule has 1 heterocycles. The average molecular weight is 287 g/mol. The minimum atomic E-state index is 0.107. The average Bonchev–Trinajstić information content (AvgIpc) is 3.10. The molecule has 0 radical (unpaired) electrons. The van der Waals surface area contributed by atoms with Crippen LogP contribution in [0, 0.1) is 5.92 Å². The summed E-state index contributed by atoms with van der Waals surface area (Å²) < 4.78 is 0. The molecular weight excluding hydrogens is 270 g/mol. The molecule has 1 aromatic heterocycles. The van der Waals surface area contributed by atoms with Crippen molar-refractivity contribution in [3.05, 3.63) is 29.6 Å². The van der Waals surface area contributed by atoms with Crippen LogP contribution in [0.2, 0.25) is 0 Å². The number of aromatic nitrogens is 1. The number of benzene rings is 1. The Morgan fingerprint density at radius 1 is 1.35 bits per heavy atom. The van der Waals surface area contributed by atoms with E-state index in [4.69, 9.17) is 5.73 Å². The maximum atomic E-state index is 12.1. The number of nitrogen functional groups attached to an aromatic ring is 1. The summed E-state index contributed by atoms with van der Waals surface area (Å²) in [6.07, 6.45) is 4.31. The van der Waals surface area contributed by atoms with Gasteiger partial charge in [-0.1, -0.05) is 25.0 Å². The number of nitrogens with one attached hydrogen (secondary N) is 1. The molecule has 0 bridgehead atoms. The lowest BCUT2D eigenvalue weighted by molar-refractivity contribution is -0.119. The van der Waals surface area contributed by atoms with Crippen molar-refractivity contribution in [2.75, 3.05) is 11.1 Å². The molecular formula is C15H17N3OS. The van der Waals surface area contributed by atoms with Crippen LogP contribution < -0.4 is 11.1 Å². The quantitative estimate of drug-likeness (QED) is 0.849. The number of nitrogens with zero attached hydrogens (tertiary/aromatic N) is 1. The molecule has 2 aromatic rings. The summed E-state index contributed by atoms with van der Waals surface area (Å²) in [5.41, 5.74) is 8.31. The van der Waals surface area contributed by atoms with Crippen LogP contribution >= 0.6 is 11.3 Å². The van der Waals surface area contributed by atoms with Gasteiger partial charge in [0.2, 0.25) is 5.91 Å². The van der Waals surface area contributed by atoms with Gasteiger partial charge in [0.25, 0.3) is 0 Å². The maximum Gasteiger partial charge on any atom is 0.229 e. The Labute approximate surface area is 122 Å². The van der Waals surface area contributed by atoms with Gasteiger partial charge in [0.05, 0.1) is 5.69 Å². The fourth-order valence-electron chi connectivity index (χ4n) is 2.56. The van der Waals surface area contributed by atoms with Crippen LogP contribution in [0.1, 0.15) is 25.7 Å². The summed E-state index contributed by atoms with van der Waals surface area (Å²) in [4.78, 5) is 16.5. The molecule has 1 amide bonds. The molecule has 3 rings (SSSR count). The number of rotatable bonds is 3. The van der Waals surface area contributed by atoms with E-state index >= 15 is 0 Å². The Kier molecular flexibility index (Phi) is 3.69. The first-order chi connectivity index (χ1) is 9.72. The van der Waals surface area contributed by atoms with Gasteiger partial charge in [-0.2, -0.15) is 0 Å². The number of carbonyl (C=O) groups is 1. The van der Waals surface area contributed by atoms with Gasteiger partial charge in [0, 0.05) is 22.5 Å². The molecule has 0 saturated heterocycles. The second kappa shape index (κ2) is 5.63. The van der Waals surface area contributed by atoms with E-state index in [1.54, 1.807) is 0 Å². The highest BCUT2D eigenvalue weighted by molar-refractivity contribution is 7.14. The molecule has 0 atom stereocenters. The van der Waals surface area contributed by atoms with Gasteiger partial charge in [-0.15, -0.1) is 11.3 Å². The molecule has 3 N–H and O–H groups in total. The van der Waals surface area contributed by atoms with Crippen LogP contribution in [0.15, 0.2) is 29.6 Å². The summed E-state index contributed by atoms with van der Waals surface area (Å²) in [5.74, 6) is 0.269. The predicted molar refractivity (Wildman–Crippen MR) is 82.6 cm³/mol. The number of anilines is 2. The Hall–Kier alpha value is -1.88. The largest absolute Gasteiger partial charge is 0.399 e. The third-order valence-corrected chi connectivity index (χ3v) is 4.40. The van der Waals surface area contributed by atoms with Crippen LogP contribution in [0.5, 0.6) is 0 Å². The number of carbonyl (C=O) groups excluding carboxylic acids is 1. The summed E-state index contributed by atoms with van der Waals surface area (Å²) >= 11 is 1.45. The van der Waals surface area contributed by atoms with E-state index in [-0.39, 0.29) is 11.8 Å². The molecule has 1 fully saturated rings. The van der Waals surface area contributed by atoms with Gasteiger partial charge in [-0.25, -0.2) is 4.98 Å². The Bertz CT molecular complexity index is 617. The highest BCUT2D eigenvalue weighted by atomic mass is 32.1. The van der Waals surface area contributed by atoms with Gasteiger partial charge < -0.3 is 11.1 Å². The molecule has 4 nitrogen and oxygen atoms in total. The van der Waals surface area contributed by atoms with Crippen molar-refractivity contribution in [3.8, 4) is 11.3 Å². The van der Waals surface area contributed by atoms with E-state index in [1.165, 1.54) is 11.3 Å². The fourth-order valence-corrected chi connectivity index (χ4v) is 3.28. The maximum absolute atomic E-state index is 12.1. The number of hydrogen-bond acceptors (Lipinski definition) is 4. The molecule has 1 aliphatic carbocycles. The fraction of sp³-hybridized carbons (Fsp3) is 0.333. The number of amides is 1. The lowest BCUT2D eigenvalue weighted by Gasteiger charge is -2.07.